The molecule has 1 N–H and O–H groups in total. The smallest absolute Gasteiger partial charge is 0.227 e. The van der Waals surface area contributed by atoms with E-state index in [9.17, 15) is 4.79 Å². The molecule has 1 fully saturated rings. The molecule has 0 spiro atoms. The summed E-state index contributed by atoms with van der Waals surface area (Å²) in [4.78, 5) is 11.2. The Kier molecular flexibility index (Phi) is 3.31. The number of carbonyl (C=O) groups excluding carboxylic acids is 1. The van der Waals surface area contributed by atoms with Crippen molar-refractivity contribution in [1.82, 2.24) is 5.32 Å². The summed E-state index contributed by atoms with van der Waals surface area (Å²) in [6.07, 6.45) is 0.0552. The van der Waals surface area contributed by atoms with Gasteiger partial charge in [0.15, 0.2) is 8.32 Å². The molecule has 1 saturated heterocycles. The molecule has 1 rings (SSSR count). The van der Waals surface area contributed by atoms with Gasteiger partial charge >= 0.3 is 0 Å². The third-order valence-corrected chi connectivity index (χ3v) is 8.26. The molecular formula is C11H23NO2Si. The van der Waals surface area contributed by atoms with Gasteiger partial charge in [-0.15, -0.1) is 0 Å². The van der Waals surface area contributed by atoms with Gasteiger partial charge in [0.1, 0.15) is 0 Å². The van der Waals surface area contributed by atoms with Crippen LogP contribution in [0.4, 0.5) is 0 Å². The van der Waals surface area contributed by atoms with Crippen molar-refractivity contribution in [1.29, 1.82) is 0 Å². The average molecular weight is 229 g/mol. The van der Waals surface area contributed by atoms with E-state index >= 15 is 0 Å². The molecule has 1 aliphatic heterocycles. The van der Waals surface area contributed by atoms with Crippen LogP contribution in [0.1, 0.15) is 27.7 Å². The Bertz CT molecular complexity index is 258. The number of amides is 1. The first-order valence-corrected chi connectivity index (χ1v) is 8.51. The SMILES string of the molecule is C[C@H](O[Si](C)(C)C(C)(C)C)[C@@H]1CNC1=O. The molecule has 15 heavy (non-hydrogen) atoms. The second kappa shape index (κ2) is 3.90. The minimum absolute atomic E-state index is 0.0552. The van der Waals surface area contributed by atoms with Crippen molar-refractivity contribution in [2.75, 3.05) is 6.54 Å². The zero-order valence-corrected chi connectivity index (χ0v) is 11.7. The van der Waals surface area contributed by atoms with Gasteiger partial charge in [0.25, 0.3) is 0 Å². The summed E-state index contributed by atoms with van der Waals surface area (Å²) >= 11 is 0. The van der Waals surface area contributed by atoms with E-state index in [1.54, 1.807) is 0 Å². The van der Waals surface area contributed by atoms with Crippen molar-refractivity contribution >= 4 is 14.2 Å². The Hall–Kier alpha value is -0.353. The first-order chi connectivity index (χ1) is 6.65. The second-order valence-corrected chi connectivity index (χ2v) is 10.7. The molecule has 0 unspecified atom stereocenters. The maximum atomic E-state index is 11.2. The Balaban J connectivity index is 2.57. The third kappa shape index (κ3) is 2.61. The summed E-state index contributed by atoms with van der Waals surface area (Å²) < 4.78 is 6.15. The Morgan fingerprint density at radius 3 is 2.27 bits per heavy atom. The van der Waals surface area contributed by atoms with Crippen LogP contribution >= 0.6 is 0 Å². The lowest BCUT2D eigenvalue weighted by molar-refractivity contribution is -0.135. The van der Waals surface area contributed by atoms with Crippen LogP contribution in [-0.4, -0.2) is 26.9 Å². The number of hydrogen-bond acceptors (Lipinski definition) is 2. The van der Waals surface area contributed by atoms with E-state index in [0.717, 1.165) is 6.54 Å². The minimum atomic E-state index is -1.72. The molecule has 1 amide bonds. The molecule has 2 atom stereocenters. The number of rotatable bonds is 3. The van der Waals surface area contributed by atoms with Crippen LogP contribution < -0.4 is 5.32 Å². The lowest BCUT2D eigenvalue weighted by Crippen LogP contribution is -2.56. The molecule has 0 radical (unpaired) electrons. The predicted molar refractivity (Wildman–Crippen MR) is 64.2 cm³/mol. The van der Waals surface area contributed by atoms with Crippen LogP contribution in [0, 0.1) is 5.92 Å². The fourth-order valence-corrected chi connectivity index (χ4v) is 2.85. The van der Waals surface area contributed by atoms with Crippen LogP contribution in [-0.2, 0) is 9.22 Å². The van der Waals surface area contributed by atoms with Crippen molar-refractivity contribution in [3.8, 4) is 0 Å². The Morgan fingerprint density at radius 1 is 1.47 bits per heavy atom. The van der Waals surface area contributed by atoms with E-state index in [-0.39, 0.29) is 23.0 Å². The zero-order valence-electron chi connectivity index (χ0n) is 10.7. The highest BCUT2D eigenvalue weighted by Crippen LogP contribution is 2.38. The molecule has 88 valence electrons. The maximum Gasteiger partial charge on any atom is 0.227 e. The van der Waals surface area contributed by atoms with E-state index in [0.29, 0.717) is 0 Å². The Labute approximate surface area is 93.7 Å². The van der Waals surface area contributed by atoms with E-state index in [2.05, 4.69) is 39.2 Å². The molecule has 0 saturated carbocycles. The average Bonchev–Trinajstić information content (AvgIpc) is 1.98. The molecule has 1 heterocycles. The highest BCUT2D eigenvalue weighted by molar-refractivity contribution is 6.74. The van der Waals surface area contributed by atoms with Crippen LogP contribution in [0.2, 0.25) is 18.1 Å². The number of nitrogens with one attached hydrogen (secondary N) is 1. The highest BCUT2D eigenvalue weighted by Gasteiger charge is 2.42. The zero-order chi connectivity index (χ0) is 11.9. The molecule has 0 aliphatic carbocycles. The topological polar surface area (TPSA) is 38.3 Å². The quantitative estimate of drug-likeness (QED) is 0.595. The van der Waals surface area contributed by atoms with Gasteiger partial charge in [-0.2, -0.15) is 0 Å². The van der Waals surface area contributed by atoms with Gasteiger partial charge < -0.3 is 9.74 Å². The number of β-lactam (4-membered cyclic amide) rings is 1. The minimum Gasteiger partial charge on any atom is -0.413 e. The van der Waals surface area contributed by atoms with Crippen LogP contribution in [0.25, 0.3) is 0 Å². The molecular weight excluding hydrogens is 206 g/mol. The van der Waals surface area contributed by atoms with Gasteiger partial charge in [0.05, 0.1) is 12.0 Å². The van der Waals surface area contributed by atoms with Crippen molar-refractivity contribution < 1.29 is 9.22 Å². The lowest BCUT2D eigenvalue weighted by Gasteiger charge is -2.41. The van der Waals surface area contributed by atoms with Crippen molar-refractivity contribution in [2.45, 2.75) is 51.9 Å². The van der Waals surface area contributed by atoms with Crippen LogP contribution in [0.15, 0.2) is 0 Å². The van der Waals surface area contributed by atoms with Gasteiger partial charge in [0.2, 0.25) is 5.91 Å². The summed E-state index contributed by atoms with van der Waals surface area (Å²) in [6.45, 7) is 13.9. The largest absolute Gasteiger partial charge is 0.413 e. The summed E-state index contributed by atoms with van der Waals surface area (Å²) in [5.74, 6) is 0.209. The van der Waals surface area contributed by atoms with E-state index in [1.165, 1.54) is 0 Å². The molecule has 0 bridgehead atoms. The fourth-order valence-electron chi connectivity index (χ4n) is 1.41. The van der Waals surface area contributed by atoms with E-state index in [4.69, 9.17) is 4.43 Å². The van der Waals surface area contributed by atoms with Gasteiger partial charge in [-0.25, -0.2) is 0 Å². The van der Waals surface area contributed by atoms with Gasteiger partial charge in [-0.05, 0) is 25.1 Å². The van der Waals surface area contributed by atoms with E-state index < -0.39 is 8.32 Å². The van der Waals surface area contributed by atoms with Crippen LogP contribution in [0.5, 0.6) is 0 Å². The normalized spacial score (nSPS) is 24.4. The highest BCUT2D eigenvalue weighted by atomic mass is 28.4. The fraction of sp³-hybridized carbons (Fsp3) is 0.909. The number of carbonyl (C=O) groups is 1. The third-order valence-electron chi connectivity index (χ3n) is 3.69. The second-order valence-electron chi connectivity index (χ2n) is 5.93. The van der Waals surface area contributed by atoms with Gasteiger partial charge in [-0.1, -0.05) is 20.8 Å². The maximum absolute atomic E-state index is 11.2. The molecule has 0 aromatic rings. The Morgan fingerprint density at radius 2 is 2.00 bits per heavy atom. The summed E-state index contributed by atoms with van der Waals surface area (Å²) in [5.41, 5.74) is 0. The van der Waals surface area contributed by atoms with Crippen molar-refractivity contribution in [3.63, 3.8) is 0 Å². The summed E-state index contributed by atoms with van der Waals surface area (Å²) in [6, 6.07) is 0. The molecule has 3 nitrogen and oxygen atoms in total. The molecule has 0 aromatic carbocycles. The summed E-state index contributed by atoms with van der Waals surface area (Å²) in [5, 5.41) is 2.97. The van der Waals surface area contributed by atoms with Crippen molar-refractivity contribution in [3.05, 3.63) is 0 Å². The van der Waals surface area contributed by atoms with Crippen molar-refractivity contribution in [2.24, 2.45) is 5.92 Å². The summed E-state index contributed by atoms with van der Waals surface area (Å²) in [7, 11) is -1.72. The molecule has 4 heteroatoms. The predicted octanol–water partition coefficient (Wildman–Crippen LogP) is 2.14. The van der Waals surface area contributed by atoms with Gasteiger partial charge in [0, 0.05) is 6.54 Å². The first kappa shape index (κ1) is 12.7. The number of hydrogen-bond donors (Lipinski definition) is 1. The van der Waals surface area contributed by atoms with Crippen LogP contribution in [0.3, 0.4) is 0 Å². The lowest BCUT2D eigenvalue weighted by atomic mass is 9.97. The monoisotopic (exact) mass is 229 g/mol. The van der Waals surface area contributed by atoms with E-state index in [1.807, 2.05) is 6.92 Å². The standard InChI is InChI=1S/C11H23NO2Si/c1-8(9-7-12-10(9)13)14-15(5,6)11(2,3)4/h8-9H,7H2,1-6H3,(H,12,13)/t8-,9-/m0/s1. The van der Waals surface area contributed by atoms with Gasteiger partial charge in [-0.3, -0.25) is 4.79 Å². The molecule has 1 aliphatic rings. The first-order valence-electron chi connectivity index (χ1n) is 5.61. The molecule has 0 aromatic heterocycles.